The smallest absolute Gasteiger partial charge is 0.268 e. The lowest BCUT2D eigenvalue weighted by Crippen LogP contribution is -1.88. The number of nitrogens with two attached hydrogens (primary N) is 1. The van der Waals surface area contributed by atoms with Crippen molar-refractivity contribution in [1.29, 1.82) is 0 Å². The van der Waals surface area contributed by atoms with Crippen LogP contribution in [0.15, 0.2) is 16.7 Å². The average molecular weight is 211 g/mol. The molecular formula is C8H9N3O2S. The van der Waals surface area contributed by atoms with Crippen molar-refractivity contribution < 1.29 is 9.26 Å². The van der Waals surface area contributed by atoms with Crippen molar-refractivity contribution in [2.75, 3.05) is 12.8 Å². The maximum absolute atomic E-state index is 5.59. The molecule has 0 radical (unpaired) electrons. The zero-order chi connectivity index (χ0) is 9.97. The molecule has 6 heteroatoms. The normalized spacial score (nSPS) is 10.6. The van der Waals surface area contributed by atoms with Crippen LogP contribution in [0.5, 0.6) is 0 Å². The van der Waals surface area contributed by atoms with Gasteiger partial charge >= 0.3 is 0 Å². The molecule has 0 saturated carbocycles. The Hall–Kier alpha value is -1.40. The molecule has 74 valence electrons. The fourth-order valence-corrected chi connectivity index (χ4v) is 1.71. The van der Waals surface area contributed by atoms with Crippen molar-refractivity contribution in [3.8, 4) is 10.8 Å². The summed E-state index contributed by atoms with van der Waals surface area (Å²) in [6.07, 6.45) is 0. The second-order valence-electron chi connectivity index (χ2n) is 2.65. The third kappa shape index (κ3) is 1.75. The first-order chi connectivity index (χ1) is 6.79. The van der Waals surface area contributed by atoms with E-state index in [-0.39, 0.29) is 0 Å². The highest BCUT2D eigenvalue weighted by Gasteiger charge is 2.09. The Labute approximate surface area is 84.5 Å². The number of aromatic nitrogens is 2. The van der Waals surface area contributed by atoms with Gasteiger partial charge in [0.2, 0.25) is 0 Å². The van der Waals surface area contributed by atoms with Crippen LogP contribution in [0.1, 0.15) is 5.82 Å². The Morgan fingerprint density at radius 3 is 3.07 bits per heavy atom. The summed E-state index contributed by atoms with van der Waals surface area (Å²) >= 11 is 1.41. The molecule has 0 fully saturated rings. The summed E-state index contributed by atoms with van der Waals surface area (Å²) in [5.74, 6) is 1.02. The van der Waals surface area contributed by atoms with Gasteiger partial charge in [-0.15, -0.1) is 11.3 Å². The number of anilines is 1. The number of hydrogen-bond acceptors (Lipinski definition) is 6. The summed E-state index contributed by atoms with van der Waals surface area (Å²) in [5.41, 5.74) is 5.59. The molecule has 2 aromatic rings. The molecule has 2 N–H and O–H groups in total. The molecule has 14 heavy (non-hydrogen) atoms. The first-order valence-corrected chi connectivity index (χ1v) is 4.78. The van der Waals surface area contributed by atoms with Crippen molar-refractivity contribution in [3.63, 3.8) is 0 Å². The molecule has 0 aliphatic rings. The number of nitrogen functional groups attached to an aromatic ring is 1. The summed E-state index contributed by atoms with van der Waals surface area (Å²) in [7, 11) is 1.58. The van der Waals surface area contributed by atoms with Crippen LogP contribution in [-0.2, 0) is 11.3 Å². The molecule has 0 spiro atoms. The minimum absolute atomic E-state index is 0.352. The van der Waals surface area contributed by atoms with Crippen LogP contribution in [0.25, 0.3) is 10.8 Å². The Balaban J connectivity index is 2.24. The molecule has 0 aliphatic carbocycles. The Morgan fingerprint density at radius 1 is 1.57 bits per heavy atom. The number of rotatable bonds is 3. The maximum Gasteiger partial charge on any atom is 0.268 e. The average Bonchev–Trinajstić information content (AvgIpc) is 2.74. The van der Waals surface area contributed by atoms with Gasteiger partial charge < -0.3 is 15.0 Å². The van der Waals surface area contributed by atoms with E-state index in [4.69, 9.17) is 15.0 Å². The second-order valence-corrected chi connectivity index (χ2v) is 3.77. The molecule has 0 bridgehead atoms. The van der Waals surface area contributed by atoms with Crippen molar-refractivity contribution in [3.05, 3.63) is 18.0 Å². The van der Waals surface area contributed by atoms with E-state index in [1.807, 2.05) is 6.07 Å². The van der Waals surface area contributed by atoms with E-state index in [0.29, 0.717) is 18.3 Å². The molecule has 2 rings (SSSR count). The van der Waals surface area contributed by atoms with Gasteiger partial charge in [0.25, 0.3) is 5.89 Å². The van der Waals surface area contributed by atoms with Gasteiger partial charge in [-0.1, -0.05) is 5.16 Å². The highest BCUT2D eigenvalue weighted by Crippen LogP contribution is 2.27. The van der Waals surface area contributed by atoms with Crippen LogP contribution >= 0.6 is 11.3 Å². The minimum Gasteiger partial charge on any atom is -0.391 e. The predicted octanol–water partition coefficient (Wildman–Crippen LogP) is 1.53. The standard InChI is InChI=1S/C8H9N3O2S/c1-12-4-7-10-8(13-11-7)5-2-3-6(9)14-5/h2-3H,4,9H2,1H3. The first kappa shape index (κ1) is 9.17. The Kier molecular flexibility index (Phi) is 2.47. The summed E-state index contributed by atoms with van der Waals surface area (Å²) in [6.45, 7) is 0.352. The fraction of sp³-hybridized carbons (Fsp3) is 0.250. The van der Waals surface area contributed by atoms with E-state index in [1.165, 1.54) is 11.3 Å². The highest BCUT2D eigenvalue weighted by molar-refractivity contribution is 7.19. The summed E-state index contributed by atoms with van der Waals surface area (Å²) in [4.78, 5) is 5.01. The number of hydrogen-bond donors (Lipinski definition) is 1. The molecule has 0 aliphatic heterocycles. The highest BCUT2D eigenvalue weighted by atomic mass is 32.1. The summed E-state index contributed by atoms with van der Waals surface area (Å²) in [5, 5.41) is 4.47. The molecule has 0 unspecified atom stereocenters. The van der Waals surface area contributed by atoms with Crippen LogP contribution in [0.3, 0.4) is 0 Å². The van der Waals surface area contributed by atoms with E-state index >= 15 is 0 Å². The van der Waals surface area contributed by atoms with Gasteiger partial charge in [0.15, 0.2) is 5.82 Å². The molecule has 5 nitrogen and oxygen atoms in total. The zero-order valence-electron chi connectivity index (χ0n) is 7.56. The van der Waals surface area contributed by atoms with Crippen LogP contribution in [-0.4, -0.2) is 17.3 Å². The third-order valence-corrected chi connectivity index (χ3v) is 2.48. The quantitative estimate of drug-likeness (QED) is 0.833. The molecule has 0 amide bonds. The third-order valence-electron chi connectivity index (χ3n) is 1.58. The van der Waals surface area contributed by atoms with E-state index in [2.05, 4.69) is 10.1 Å². The molecule has 0 aromatic carbocycles. The lowest BCUT2D eigenvalue weighted by atomic mass is 10.4. The van der Waals surface area contributed by atoms with Gasteiger partial charge in [-0.25, -0.2) is 0 Å². The minimum atomic E-state index is 0.352. The second kappa shape index (κ2) is 3.77. The predicted molar refractivity (Wildman–Crippen MR) is 52.7 cm³/mol. The first-order valence-electron chi connectivity index (χ1n) is 3.97. The van der Waals surface area contributed by atoms with Crippen molar-refractivity contribution in [2.45, 2.75) is 6.61 Å². The SMILES string of the molecule is COCc1noc(-c2ccc(N)s2)n1. The van der Waals surface area contributed by atoms with Gasteiger partial charge in [0.05, 0.1) is 9.88 Å². The summed E-state index contributed by atoms with van der Waals surface area (Å²) < 4.78 is 9.91. The van der Waals surface area contributed by atoms with Crippen molar-refractivity contribution in [2.24, 2.45) is 0 Å². The maximum atomic E-state index is 5.59. The van der Waals surface area contributed by atoms with Gasteiger partial charge in [-0.05, 0) is 12.1 Å². The Bertz CT molecular complexity index is 424. The van der Waals surface area contributed by atoms with Gasteiger partial charge in [-0.2, -0.15) is 4.98 Å². The zero-order valence-corrected chi connectivity index (χ0v) is 8.37. The fourth-order valence-electron chi connectivity index (χ4n) is 1.01. The number of methoxy groups -OCH3 is 1. The molecule has 0 atom stereocenters. The molecule has 0 saturated heterocycles. The monoisotopic (exact) mass is 211 g/mol. The van der Waals surface area contributed by atoms with Gasteiger partial charge in [0, 0.05) is 7.11 Å². The van der Waals surface area contributed by atoms with E-state index < -0.39 is 0 Å². The number of ether oxygens (including phenoxy) is 1. The lowest BCUT2D eigenvalue weighted by Gasteiger charge is -1.86. The topological polar surface area (TPSA) is 74.2 Å². The van der Waals surface area contributed by atoms with E-state index in [0.717, 1.165) is 9.88 Å². The van der Waals surface area contributed by atoms with Gasteiger partial charge in [-0.3, -0.25) is 0 Å². The molecule has 2 heterocycles. The van der Waals surface area contributed by atoms with E-state index in [9.17, 15) is 0 Å². The van der Waals surface area contributed by atoms with Crippen molar-refractivity contribution >= 4 is 16.3 Å². The van der Waals surface area contributed by atoms with Crippen LogP contribution in [0.2, 0.25) is 0 Å². The van der Waals surface area contributed by atoms with Crippen molar-refractivity contribution in [1.82, 2.24) is 10.1 Å². The van der Waals surface area contributed by atoms with Crippen LogP contribution in [0.4, 0.5) is 5.00 Å². The molecular weight excluding hydrogens is 202 g/mol. The lowest BCUT2D eigenvalue weighted by molar-refractivity contribution is 0.174. The molecule has 2 aromatic heterocycles. The van der Waals surface area contributed by atoms with Gasteiger partial charge in [0.1, 0.15) is 6.61 Å². The van der Waals surface area contributed by atoms with E-state index in [1.54, 1.807) is 13.2 Å². The van der Waals surface area contributed by atoms with Crippen LogP contribution in [0, 0.1) is 0 Å². The number of thiophene rings is 1. The Morgan fingerprint density at radius 2 is 2.43 bits per heavy atom. The summed E-state index contributed by atoms with van der Waals surface area (Å²) in [6, 6.07) is 3.66. The van der Waals surface area contributed by atoms with Crippen LogP contribution < -0.4 is 5.73 Å². The largest absolute Gasteiger partial charge is 0.391 e. The number of nitrogens with zero attached hydrogens (tertiary/aromatic N) is 2.